The largest absolute Gasteiger partial charge is 0.504 e. The molecule has 0 bridgehead atoms. The maximum Gasteiger partial charge on any atom is 0.333 e. The van der Waals surface area contributed by atoms with E-state index in [-0.39, 0.29) is 18.1 Å². The molecule has 3 rings (SSSR count). The summed E-state index contributed by atoms with van der Waals surface area (Å²) >= 11 is 0. The lowest BCUT2D eigenvalue weighted by Crippen LogP contribution is -2.60. The first-order chi connectivity index (χ1) is 16.1. The van der Waals surface area contributed by atoms with Gasteiger partial charge in [0.15, 0.2) is 17.8 Å². The Hall–Kier alpha value is -2.33. The predicted octanol–water partition coefficient (Wildman–Crippen LogP) is -2.78. The lowest BCUT2D eigenvalue weighted by molar-refractivity contribution is -0.314. The van der Waals surface area contributed by atoms with Crippen LogP contribution < -0.4 is 4.74 Å². The number of aliphatic hydroxyl groups is 6. The van der Waals surface area contributed by atoms with Crippen LogP contribution in [-0.4, -0.2) is 117 Å². The molecule has 0 aliphatic carbocycles. The number of ether oxygens (including phenoxy) is 5. The van der Waals surface area contributed by atoms with Crippen molar-refractivity contribution in [2.45, 2.75) is 55.3 Å². The number of hydrogen-bond acceptors (Lipinski definition) is 13. The van der Waals surface area contributed by atoms with Gasteiger partial charge in [0, 0.05) is 6.08 Å². The van der Waals surface area contributed by atoms with Crippen LogP contribution in [0.3, 0.4) is 0 Å². The molecule has 2 aliphatic rings. The van der Waals surface area contributed by atoms with Gasteiger partial charge in [-0.25, -0.2) is 4.79 Å². The fourth-order valence-corrected chi connectivity index (χ4v) is 3.38. The van der Waals surface area contributed by atoms with Crippen molar-refractivity contribution in [3.05, 3.63) is 29.8 Å². The van der Waals surface area contributed by atoms with E-state index in [1.54, 1.807) is 0 Å². The highest BCUT2D eigenvalue weighted by molar-refractivity contribution is 5.87. The quantitative estimate of drug-likeness (QED) is 0.153. The maximum absolute atomic E-state index is 12.2. The van der Waals surface area contributed by atoms with Gasteiger partial charge in [-0.3, -0.25) is 0 Å². The lowest BCUT2D eigenvalue weighted by atomic mass is 9.99. The van der Waals surface area contributed by atoms with E-state index in [1.165, 1.54) is 31.4 Å². The average Bonchev–Trinajstić information content (AvgIpc) is 2.82. The zero-order valence-corrected chi connectivity index (χ0v) is 18.1. The second-order valence-electron chi connectivity index (χ2n) is 7.80. The molecule has 1 aromatic carbocycles. The van der Waals surface area contributed by atoms with Crippen molar-refractivity contribution in [1.82, 2.24) is 0 Å². The van der Waals surface area contributed by atoms with Gasteiger partial charge >= 0.3 is 5.97 Å². The number of methoxy groups -OCH3 is 1. The number of rotatable bonds is 7. The normalized spacial score (nSPS) is 36.4. The van der Waals surface area contributed by atoms with Gasteiger partial charge in [0.1, 0.15) is 42.7 Å². The summed E-state index contributed by atoms with van der Waals surface area (Å²) in [5.74, 6) is -0.836. The molecule has 7 N–H and O–H groups in total. The molecule has 2 fully saturated rings. The van der Waals surface area contributed by atoms with Crippen LogP contribution in [0, 0.1) is 0 Å². The Labute approximate surface area is 193 Å². The molecule has 0 saturated carbocycles. The Kier molecular flexibility index (Phi) is 8.81. The summed E-state index contributed by atoms with van der Waals surface area (Å²) in [5, 5.41) is 69.1. The topological polar surface area (TPSA) is 205 Å². The molecule has 2 heterocycles. The third-order valence-electron chi connectivity index (χ3n) is 5.40. The van der Waals surface area contributed by atoms with Crippen LogP contribution in [0.1, 0.15) is 5.56 Å². The number of aromatic hydroxyl groups is 1. The summed E-state index contributed by atoms with van der Waals surface area (Å²) in [4.78, 5) is 12.2. The molecule has 13 heteroatoms. The summed E-state index contributed by atoms with van der Waals surface area (Å²) < 4.78 is 25.8. The third kappa shape index (κ3) is 6.02. The lowest BCUT2D eigenvalue weighted by Gasteiger charge is -2.41. The smallest absolute Gasteiger partial charge is 0.333 e. The van der Waals surface area contributed by atoms with Gasteiger partial charge in [0.25, 0.3) is 0 Å². The Morgan fingerprint density at radius 3 is 2.44 bits per heavy atom. The predicted molar refractivity (Wildman–Crippen MR) is 110 cm³/mol. The highest BCUT2D eigenvalue weighted by atomic mass is 16.7. The number of phenolic OH excluding ortho intramolecular Hbond substituents is 1. The van der Waals surface area contributed by atoms with E-state index in [0.717, 1.165) is 6.08 Å². The van der Waals surface area contributed by atoms with E-state index in [0.29, 0.717) is 5.56 Å². The minimum atomic E-state index is -1.77. The Bertz CT molecular complexity index is 861. The van der Waals surface area contributed by atoms with Crippen LogP contribution in [0.5, 0.6) is 11.5 Å². The van der Waals surface area contributed by atoms with Crippen molar-refractivity contribution >= 4 is 12.0 Å². The van der Waals surface area contributed by atoms with Gasteiger partial charge < -0.3 is 59.4 Å². The zero-order chi connectivity index (χ0) is 25.0. The number of carbonyl (C=O) groups is 1. The van der Waals surface area contributed by atoms with E-state index < -0.39 is 67.9 Å². The van der Waals surface area contributed by atoms with Crippen LogP contribution in [0.15, 0.2) is 24.3 Å². The van der Waals surface area contributed by atoms with Crippen molar-refractivity contribution in [1.29, 1.82) is 0 Å². The van der Waals surface area contributed by atoms with Crippen molar-refractivity contribution < 1.29 is 64.2 Å². The van der Waals surface area contributed by atoms with E-state index >= 15 is 0 Å². The minimum Gasteiger partial charge on any atom is -0.504 e. The van der Waals surface area contributed by atoms with E-state index in [4.69, 9.17) is 23.7 Å². The highest BCUT2D eigenvalue weighted by Crippen LogP contribution is 2.27. The summed E-state index contributed by atoms with van der Waals surface area (Å²) in [6, 6.07) is 4.35. The number of benzene rings is 1. The standard InChI is InChI=1S/C21H28O13/c1-30-12-6-9(2-4-10(12)22)3-5-14(24)34-21-19(29)17(27)16(26)13(33-21)8-32-20-18(28)15(25)11(23)7-31-20/h2-6,11,13,15-23,25-29H,7-8H2,1H3/b5-3-/t11-,13-,15+,16-,17+,18-,19-,20+,21+/m1/s1. The first kappa shape index (κ1) is 26.3. The van der Waals surface area contributed by atoms with E-state index in [2.05, 4.69) is 0 Å². The van der Waals surface area contributed by atoms with Crippen molar-refractivity contribution in [3.8, 4) is 11.5 Å². The fourth-order valence-electron chi connectivity index (χ4n) is 3.38. The molecule has 13 nitrogen and oxygen atoms in total. The van der Waals surface area contributed by atoms with Gasteiger partial charge in [0.05, 0.1) is 20.3 Å². The third-order valence-corrected chi connectivity index (χ3v) is 5.40. The molecular weight excluding hydrogens is 460 g/mol. The highest BCUT2D eigenvalue weighted by Gasteiger charge is 2.46. The molecule has 0 amide bonds. The van der Waals surface area contributed by atoms with Crippen LogP contribution >= 0.6 is 0 Å². The van der Waals surface area contributed by atoms with Crippen LogP contribution in [0.25, 0.3) is 6.08 Å². The molecule has 0 unspecified atom stereocenters. The van der Waals surface area contributed by atoms with Crippen molar-refractivity contribution in [3.63, 3.8) is 0 Å². The second kappa shape index (κ2) is 11.4. The first-order valence-corrected chi connectivity index (χ1v) is 10.3. The van der Waals surface area contributed by atoms with Gasteiger partial charge in [0.2, 0.25) is 6.29 Å². The Morgan fingerprint density at radius 1 is 1.03 bits per heavy atom. The summed E-state index contributed by atoms with van der Waals surface area (Å²) in [6.07, 6.45) is -11.5. The number of aliphatic hydroxyl groups excluding tert-OH is 6. The summed E-state index contributed by atoms with van der Waals surface area (Å²) in [6.45, 7) is -0.787. The number of carbonyl (C=O) groups excluding carboxylic acids is 1. The van der Waals surface area contributed by atoms with Crippen LogP contribution in [0.2, 0.25) is 0 Å². The van der Waals surface area contributed by atoms with Gasteiger partial charge in [-0.1, -0.05) is 6.07 Å². The molecular formula is C21H28O13. The minimum absolute atomic E-state index is 0.0846. The Balaban J connectivity index is 1.59. The molecule has 0 radical (unpaired) electrons. The molecule has 1 aromatic rings. The van der Waals surface area contributed by atoms with Gasteiger partial charge in [-0.05, 0) is 23.8 Å². The molecule has 0 spiro atoms. The summed E-state index contributed by atoms with van der Waals surface area (Å²) in [7, 11) is 1.37. The Morgan fingerprint density at radius 2 is 1.74 bits per heavy atom. The van der Waals surface area contributed by atoms with Gasteiger partial charge in [-0.2, -0.15) is 0 Å². The maximum atomic E-state index is 12.2. The molecule has 2 saturated heterocycles. The molecule has 190 valence electrons. The first-order valence-electron chi connectivity index (χ1n) is 10.3. The van der Waals surface area contributed by atoms with E-state index in [9.17, 15) is 40.5 Å². The van der Waals surface area contributed by atoms with E-state index in [1.807, 2.05) is 0 Å². The number of hydrogen-bond donors (Lipinski definition) is 7. The molecule has 0 aromatic heterocycles. The molecule has 9 atom stereocenters. The van der Waals surface area contributed by atoms with Crippen LogP contribution in [0.4, 0.5) is 0 Å². The second-order valence-corrected chi connectivity index (χ2v) is 7.80. The molecule has 2 aliphatic heterocycles. The zero-order valence-electron chi connectivity index (χ0n) is 18.1. The average molecular weight is 488 g/mol. The van der Waals surface area contributed by atoms with Gasteiger partial charge in [-0.15, -0.1) is 0 Å². The molecule has 34 heavy (non-hydrogen) atoms. The number of phenols is 1. The fraction of sp³-hybridized carbons (Fsp3) is 0.571. The number of esters is 1. The van der Waals surface area contributed by atoms with Crippen LogP contribution in [-0.2, 0) is 23.7 Å². The monoisotopic (exact) mass is 488 g/mol. The summed E-state index contributed by atoms with van der Waals surface area (Å²) in [5.41, 5.74) is 0.497. The van der Waals surface area contributed by atoms with Crippen molar-refractivity contribution in [2.75, 3.05) is 20.3 Å². The SMILES string of the molecule is COc1cc(/C=C\C(=O)O[C@@H]2O[C@H](CO[C@@H]3OC[C@@H](O)[C@H](O)[C@H]3O)[C@@H](O)[C@H](O)[C@H]2O)ccc1O. The van der Waals surface area contributed by atoms with Crippen molar-refractivity contribution in [2.24, 2.45) is 0 Å².